The van der Waals surface area contributed by atoms with Gasteiger partial charge in [-0.3, -0.25) is 9.59 Å². The molecule has 0 rings (SSSR count). The van der Waals surface area contributed by atoms with Gasteiger partial charge in [-0.25, -0.2) is 4.79 Å². The van der Waals surface area contributed by atoms with E-state index in [-0.39, 0.29) is 49.1 Å². The van der Waals surface area contributed by atoms with Gasteiger partial charge >= 0.3 is 17.9 Å². The van der Waals surface area contributed by atoms with E-state index in [0.717, 1.165) is 77.0 Å². The molecule has 0 aromatic carbocycles. The third-order valence-corrected chi connectivity index (χ3v) is 9.60. The first-order chi connectivity index (χ1) is 30.1. The van der Waals surface area contributed by atoms with E-state index < -0.39 is 18.1 Å². The maximum atomic E-state index is 12.7. The molecule has 1 N–H and O–H groups in total. The molecule has 0 aliphatic carbocycles. The molecule has 0 saturated heterocycles. The van der Waals surface area contributed by atoms with Gasteiger partial charge in [0.2, 0.25) is 0 Å². The number of allylic oxidation sites excluding steroid dienone is 20. The number of hydrogen-bond acceptors (Lipinski definition) is 6. The lowest BCUT2D eigenvalue weighted by Crippen LogP contribution is -2.50. The van der Waals surface area contributed by atoms with E-state index in [1.54, 1.807) is 0 Å². The molecule has 8 heteroatoms. The Morgan fingerprint density at radius 3 is 1.32 bits per heavy atom. The normalized spacial score (nSPS) is 14.0. The van der Waals surface area contributed by atoms with Gasteiger partial charge in [0.25, 0.3) is 0 Å². The molecule has 0 bridgehead atoms. The molecule has 0 aliphatic rings. The Labute approximate surface area is 378 Å². The highest BCUT2D eigenvalue weighted by molar-refractivity contribution is 5.72. The predicted octanol–water partition coefficient (Wildman–Crippen LogP) is 13.4. The van der Waals surface area contributed by atoms with Crippen molar-refractivity contribution < 1.29 is 38.2 Å². The Bertz CT molecular complexity index is 1420. The Morgan fingerprint density at radius 1 is 0.500 bits per heavy atom. The molecule has 2 atom stereocenters. The minimum Gasteiger partial charge on any atom is -0.477 e. The molecule has 62 heavy (non-hydrogen) atoms. The van der Waals surface area contributed by atoms with Crippen LogP contribution in [0.1, 0.15) is 149 Å². The van der Waals surface area contributed by atoms with E-state index in [1.165, 1.54) is 25.7 Å². The first-order valence-corrected chi connectivity index (χ1v) is 23.6. The number of likely N-dealkylation sites (N-methyl/N-ethyl adjacent to an activating group) is 1. The summed E-state index contributed by atoms with van der Waals surface area (Å²) in [7, 11) is 5.48. The second-order valence-corrected chi connectivity index (χ2v) is 16.3. The lowest BCUT2D eigenvalue weighted by molar-refractivity contribution is -0.887. The van der Waals surface area contributed by atoms with Gasteiger partial charge in [-0.05, 0) is 103 Å². The van der Waals surface area contributed by atoms with Gasteiger partial charge in [0.05, 0.1) is 34.4 Å². The number of unbranched alkanes of at least 4 members (excludes halogenated alkanes) is 6. The van der Waals surface area contributed by atoms with Crippen molar-refractivity contribution in [2.75, 3.05) is 41.0 Å². The molecular weight excluding hydrogens is 775 g/mol. The summed E-state index contributed by atoms with van der Waals surface area (Å²) in [5.41, 5.74) is 0. The number of carboxylic acids is 1. The molecule has 348 valence electrons. The number of carbonyl (C=O) groups excluding carboxylic acids is 2. The van der Waals surface area contributed by atoms with Gasteiger partial charge < -0.3 is 23.8 Å². The second kappa shape index (κ2) is 43.4. The summed E-state index contributed by atoms with van der Waals surface area (Å²) in [6.07, 6.45) is 61.1. The summed E-state index contributed by atoms with van der Waals surface area (Å²) >= 11 is 0. The first-order valence-electron chi connectivity index (χ1n) is 23.6. The monoisotopic (exact) mass is 861 g/mol. The van der Waals surface area contributed by atoms with E-state index in [9.17, 15) is 19.5 Å². The van der Waals surface area contributed by atoms with E-state index in [1.807, 2.05) is 21.1 Å². The van der Waals surface area contributed by atoms with Crippen LogP contribution in [0.2, 0.25) is 0 Å². The average molecular weight is 861 g/mol. The lowest BCUT2D eigenvalue weighted by Gasteiger charge is -2.31. The van der Waals surface area contributed by atoms with Crippen LogP contribution in [0.5, 0.6) is 0 Å². The van der Waals surface area contributed by atoms with Crippen LogP contribution in [0, 0.1) is 0 Å². The zero-order chi connectivity index (χ0) is 45.6. The van der Waals surface area contributed by atoms with Crippen LogP contribution in [-0.4, -0.2) is 80.6 Å². The van der Waals surface area contributed by atoms with Crippen LogP contribution in [0.25, 0.3) is 0 Å². The van der Waals surface area contributed by atoms with Gasteiger partial charge in [-0.1, -0.05) is 148 Å². The van der Waals surface area contributed by atoms with Crippen LogP contribution >= 0.6 is 0 Å². The summed E-state index contributed by atoms with van der Waals surface area (Å²) in [4.78, 5) is 37.0. The van der Waals surface area contributed by atoms with Crippen molar-refractivity contribution >= 4 is 17.9 Å². The maximum Gasteiger partial charge on any atom is 0.362 e. The van der Waals surface area contributed by atoms with E-state index in [4.69, 9.17) is 14.2 Å². The maximum absolute atomic E-state index is 12.7. The third kappa shape index (κ3) is 41.1. The molecule has 0 aromatic rings. The van der Waals surface area contributed by atoms with Gasteiger partial charge in [-0.15, -0.1) is 0 Å². The SMILES string of the molecule is CC/C=C/C/C=C/C/C=C/C/C=C/C/C=C/CCCC(=O)OCC(COCCC(C(=O)O)[N+](C)(C)C)OC(=O)CCCC/C=C/C/C=C/C/C=C/C/C=C/C/C=C/CCCCC. The molecule has 0 saturated carbocycles. The van der Waals surface area contributed by atoms with Crippen molar-refractivity contribution in [3.05, 3.63) is 122 Å². The summed E-state index contributed by atoms with van der Waals surface area (Å²) in [6, 6.07) is -0.640. The number of esters is 2. The van der Waals surface area contributed by atoms with E-state index in [2.05, 4.69) is 135 Å². The second-order valence-electron chi connectivity index (χ2n) is 16.3. The quantitative estimate of drug-likeness (QED) is 0.0283. The third-order valence-electron chi connectivity index (χ3n) is 9.60. The zero-order valence-corrected chi connectivity index (χ0v) is 39.5. The largest absolute Gasteiger partial charge is 0.477 e. The first kappa shape index (κ1) is 57.7. The standard InChI is InChI=1S/C54H85NO7/c1-6-8-10-12-14-16-18-20-22-24-25-26-27-29-31-33-35-37-39-41-43-45-53(57)62-50(48-60-47-46-51(54(58)59)55(3,4)5)49-61-52(56)44-42-40-38-36-34-32-30-28-23-21-19-17-15-13-11-9-7-2/h9,11,14-17,20-23,25-26,29-32,35-38,50-51H,6-8,10,12-13,18-19,24,27-28,33-34,39-49H2,1-5H3/p+1/b11-9+,16-14+,17-15+,22-20+,23-21+,26-25+,31-29+,32-30+,37-35+,38-36+. The van der Waals surface area contributed by atoms with Crippen LogP contribution in [0.4, 0.5) is 0 Å². The molecule has 0 fully saturated rings. The van der Waals surface area contributed by atoms with Gasteiger partial charge in [0.15, 0.2) is 12.1 Å². The van der Waals surface area contributed by atoms with E-state index in [0.29, 0.717) is 19.3 Å². The minimum atomic E-state index is -0.896. The highest BCUT2D eigenvalue weighted by Crippen LogP contribution is 2.11. The summed E-state index contributed by atoms with van der Waals surface area (Å²) in [5, 5.41) is 9.63. The summed E-state index contributed by atoms with van der Waals surface area (Å²) in [6.45, 7) is 4.46. The van der Waals surface area contributed by atoms with Crippen LogP contribution < -0.4 is 0 Å². The molecular formula is C54H86NO7+. The zero-order valence-electron chi connectivity index (χ0n) is 39.5. The van der Waals surface area contributed by atoms with Crippen LogP contribution in [0.15, 0.2) is 122 Å². The minimum absolute atomic E-state index is 0.0166. The number of hydrogen-bond donors (Lipinski definition) is 1. The highest BCUT2D eigenvalue weighted by Gasteiger charge is 2.31. The lowest BCUT2D eigenvalue weighted by atomic mass is 10.1. The summed E-state index contributed by atoms with van der Waals surface area (Å²) < 4.78 is 17.2. The fourth-order valence-electron chi connectivity index (χ4n) is 5.97. The van der Waals surface area contributed by atoms with Gasteiger partial charge in [0.1, 0.15) is 6.61 Å². The molecule has 0 heterocycles. The van der Waals surface area contributed by atoms with Crippen molar-refractivity contribution in [1.29, 1.82) is 0 Å². The fourth-order valence-corrected chi connectivity index (χ4v) is 5.97. The van der Waals surface area contributed by atoms with E-state index >= 15 is 0 Å². The number of quaternary nitrogens is 1. The molecule has 8 nitrogen and oxygen atoms in total. The van der Waals surface area contributed by atoms with Gasteiger partial charge in [-0.2, -0.15) is 0 Å². The topological polar surface area (TPSA) is 99.1 Å². The Balaban J connectivity index is 4.52. The number of carboxylic acid groups (broad SMARTS) is 1. The number of carbonyl (C=O) groups is 3. The van der Waals surface area contributed by atoms with Crippen molar-refractivity contribution in [2.24, 2.45) is 0 Å². The van der Waals surface area contributed by atoms with Crippen LogP contribution in [0.3, 0.4) is 0 Å². The highest BCUT2D eigenvalue weighted by atomic mass is 16.6. The molecule has 0 spiro atoms. The van der Waals surface area contributed by atoms with Crippen molar-refractivity contribution in [2.45, 2.75) is 161 Å². The predicted molar refractivity (Wildman–Crippen MR) is 261 cm³/mol. The number of nitrogens with zero attached hydrogens (tertiary/aromatic N) is 1. The molecule has 0 aliphatic heterocycles. The number of rotatable bonds is 40. The molecule has 2 unspecified atom stereocenters. The number of aliphatic carboxylic acids is 1. The van der Waals surface area contributed by atoms with Crippen molar-refractivity contribution in [3.8, 4) is 0 Å². The van der Waals surface area contributed by atoms with Crippen molar-refractivity contribution in [3.63, 3.8) is 0 Å². The Morgan fingerprint density at radius 2 is 0.903 bits per heavy atom. The van der Waals surface area contributed by atoms with Crippen molar-refractivity contribution in [1.82, 2.24) is 0 Å². The number of ether oxygens (including phenoxy) is 3. The molecule has 0 radical (unpaired) electrons. The fraction of sp³-hybridized carbons (Fsp3) is 0.574. The Hall–Kier alpha value is -4.27. The van der Waals surface area contributed by atoms with Gasteiger partial charge in [0, 0.05) is 19.3 Å². The average Bonchev–Trinajstić information content (AvgIpc) is 3.23. The van der Waals surface area contributed by atoms with Crippen LogP contribution in [-0.2, 0) is 28.6 Å². The molecule has 0 aromatic heterocycles. The Kier molecular flexibility index (Phi) is 40.4. The summed E-state index contributed by atoms with van der Waals surface area (Å²) in [5.74, 6) is -1.62. The molecule has 0 amide bonds. The smallest absolute Gasteiger partial charge is 0.362 e.